The molecule has 110 valence electrons. The molecule has 0 aliphatic carbocycles. The van der Waals surface area contributed by atoms with Crippen LogP contribution in [0, 0.1) is 6.92 Å². The van der Waals surface area contributed by atoms with Gasteiger partial charge in [-0.3, -0.25) is 9.78 Å². The van der Waals surface area contributed by atoms with E-state index in [4.69, 9.17) is 11.6 Å². The Kier molecular flexibility index (Phi) is 4.22. The van der Waals surface area contributed by atoms with Crippen molar-refractivity contribution in [1.82, 2.24) is 4.98 Å². The smallest absolute Gasteiger partial charge is 0.257 e. The van der Waals surface area contributed by atoms with Crippen LogP contribution in [0.3, 0.4) is 0 Å². The highest BCUT2D eigenvalue weighted by Crippen LogP contribution is 2.22. The molecule has 0 fully saturated rings. The van der Waals surface area contributed by atoms with E-state index >= 15 is 0 Å². The molecule has 3 aromatic rings. The number of nitrogens with one attached hydrogen (secondary N) is 1. The summed E-state index contributed by atoms with van der Waals surface area (Å²) in [5.74, 6) is -0.199. The molecular formula is C17H13ClN2OS. The summed E-state index contributed by atoms with van der Waals surface area (Å²) in [6, 6.07) is 11.0. The lowest BCUT2D eigenvalue weighted by Crippen LogP contribution is -2.13. The van der Waals surface area contributed by atoms with Crippen molar-refractivity contribution in [2.75, 3.05) is 5.32 Å². The van der Waals surface area contributed by atoms with E-state index in [1.807, 2.05) is 35.9 Å². The van der Waals surface area contributed by atoms with E-state index in [9.17, 15) is 4.79 Å². The zero-order valence-corrected chi connectivity index (χ0v) is 13.4. The van der Waals surface area contributed by atoms with E-state index in [-0.39, 0.29) is 5.91 Å². The molecule has 0 atom stereocenters. The molecule has 2 heterocycles. The molecule has 0 radical (unpaired) electrons. The van der Waals surface area contributed by atoms with Crippen molar-refractivity contribution < 1.29 is 4.79 Å². The zero-order chi connectivity index (χ0) is 15.5. The first-order valence-corrected chi connectivity index (χ1v) is 8.02. The second-order valence-electron chi connectivity index (χ2n) is 4.86. The predicted molar refractivity (Wildman–Crippen MR) is 91.7 cm³/mol. The Morgan fingerprint density at radius 1 is 1.23 bits per heavy atom. The largest absolute Gasteiger partial charge is 0.322 e. The second kappa shape index (κ2) is 6.30. The zero-order valence-electron chi connectivity index (χ0n) is 11.8. The molecule has 0 bridgehead atoms. The van der Waals surface area contributed by atoms with Crippen LogP contribution in [0.2, 0.25) is 5.02 Å². The van der Waals surface area contributed by atoms with Gasteiger partial charge in [-0.15, -0.1) is 0 Å². The monoisotopic (exact) mass is 328 g/mol. The number of thiophene rings is 1. The Morgan fingerprint density at radius 3 is 2.77 bits per heavy atom. The number of hydrogen-bond donors (Lipinski definition) is 1. The Labute approximate surface area is 137 Å². The third-order valence-corrected chi connectivity index (χ3v) is 4.21. The summed E-state index contributed by atoms with van der Waals surface area (Å²) in [6.07, 6.45) is 1.59. The summed E-state index contributed by atoms with van der Waals surface area (Å²) in [5, 5.41) is 7.47. The molecule has 22 heavy (non-hydrogen) atoms. The second-order valence-corrected chi connectivity index (χ2v) is 6.07. The number of aromatic nitrogens is 1. The third kappa shape index (κ3) is 3.18. The molecule has 0 aliphatic heterocycles. The number of amides is 1. The highest BCUT2D eigenvalue weighted by atomic mass is 35.5. The minimum Gasteiger partial charge on any atom is -0.322 e. The van der Waals surface area contributed by atoms with E-state index in [1.54, 1.807) is 35.7 Å². The van der Waals surface area contributed by atoms with Crippen LogP contribution in [-0.4, -0.2) is 10.9 Å². The Morgan fingerprint density at radius 2 is 2.09 bits per heavy atom. The number of aryl methyl sites for hydroxylation is 1. The summed E-state index contributed by atoms with van der Waals surface area (Å²) in [6.45, 7) is 1.92. The summed E-state index contributed by atoms with van der Waals surface area (Å²) in [5.41, 5.74) is 4.10. The minimum atomic E-state index is -0.199. The highest BCUT2D eigenvalue weighted by Gasteiger charge is 2.09. The fraction of sp³-hybridized carbons (Fsp3) is 0.0588. The molecule has 1 N–H and O–H groups in total. The number of anilines is 1. The van der Waals surface area contributed by atoms with E-state index in [1.165, 1.54) is 0 Å². The number of halogens is 1. The molecule has 2 aromatic heterocycles. The van der Waals surface area contributed by atoms with Gasteiger partial charge in [0, 0.05) is 27.9 Å². The first-order valence-electron chi connectivity index (χ1n) is 6.69. The van der Waals surface area contributed by atoms with Crippen molar-refractivity contribution in [2.24, 2.45) is 0 Å². The molecule has 0 unspecified atom stereocenters. The van der Waals surface area contributed by atoms with Gasteiger partial charge in [-0.1, -0.05) is 17.7 Å². The van der Waals surface area contributed by atoms with Gasteiger partial charge in [-0.25, -0.2) is 0 Å². The van der Waals surface area contributed by atoms with E-state index < -0.39 is 0 Å². The number of hydrogen-bond acceptors (Lipinski definition) is 3. The van der Waals surface area contributed by atoms with Crippen molar-refractivity contribution in [1.29, 1.82) is 0 Å². The highest BCUT2D eigenvalue weighted by molar-refractivity contribution is 7.08. The van der Waals surface area contributed by atoms with Crippen molar-refractivity contribution in [3.05, 3.63) is 69.5 Å². The third-order valence-electron chi connectivity index (χ3n) is 3.29. The van der Waals surface area contributed by atoms with Gasteiger partial charge in [0.05, 0.1) is 11.3 Å². The Bertz CT molecular complexity index is 798. The van der Waals surface area contributed by atoms with Gasteiger partial charge in [-0.2, -0.15) is 11.3 Å². The number of rotatable bonds is 3. The molecular weight excluding hydrogens is 316 g/mol. The van der Waals surface area contributed by atoms with Crippen LogP contribution in [0.25, 0.3) is 11.3 Å². The molecule has 0 saturated heterocycles. The molecule has 0 saturated carbocycles. The van der Waals surface area contributed by atoms with Crippen LogP contribution < -0.4 is 5.32 Å². The van der Waals surface area contributed by atoms with Crippen LogP contribution in [0.15, 0.2) is 53.4 Å². The quantitative estimate of drug-likeness (QED) is 0.733. The molecule has 3 rings (SSSR count). The fourth-order valence-corrected chi connectivity index (χ4v) is 2.85. The van der Waals surface area contributed by atoms with Crippen molar-refractivity contribution in [3.8, 4) is 11.3 Å². The Hall–Kier alpha value is -2.17. The van der Waals surface area contributed by atoms with Gasteiger partial charge < -0.3 is 5.32 Å². The number of carbonyl (C=O) groups excluding carboxylic acids is 1. The van der Waals surface area contributed by atoms with Crippen molar-refractivity contribution in [2.45, 2.75) is 6.92 Å². The lowest BCUT2D eigenvalue weighted by molar-refractivity contribution is 0.102. The first kappa shape index (κ1) is 14.8. The maximum Gasteiger partial charge on any atom is 0.257 e. The lowest BCUT2D eigenvalue weighted by atomic mass is 10.1. The molecule has 1 amide bonds. The van der Waals surface area contributed by atoms with Crippen LogP contribution >= 0.6 is 22.9 Å². The van der Waals surface area contributed by atoms with Gasteiger partial charge in [0.15, 0.2) is 0 Å². The van der Waals surface area contributed by atoms with Crippen LogP contribution in [0.4, 0.5) is 5.69 Å². The molecule has 0 aliphatic rings. The molecule has 3 nitrogen and oxygen atoms in total. The van der Waals surface area contributed by atoms with Crippen LogP contribution in [0.5, 0.6) is 0 Å². The normalized spacial score (nSPS) is 10.5. The number of benzene rings is 1. The number of carbonyl (C=O) groups is 1. The van der Waals surface area contributed by atoms with Gasteiger partial charge in [0.2, 0.25) is 0 Å². The van der Waals surface area contributed by atoms with E-state index in [2.05, 4.69) is 10.3 Å². The first-order chi connectivity index (χ1) is 10.6. The van der Waals surface area contributed by atoms with E-state index in [0.29, 0.717) is 16.3 Å². The van der Waals surface area contributed by atoms with Gasteiger partial charge >= 0.3 is 0 Å². The van der Waals surface area contributed by atoms with E-state index in [0.717, 1.165) is 16.8 Å². The summed E-state index contributed by atoms with van der Waals surface area (Å²) < 4.78 is 0. The number of pyridine rings is 1. The average Bonchev–Trinajstić information content (AvgIpc) is 3.05. The fourth-order valence-electron chi connectivity index (χ4n) is 2.03. The topological polar surface area (TPSA) is 42.0 Å². The van der Waals surface area contributed by atoms with Crippen molar-refractivity contribution >= 4 is 34.5 Å². The predicted octanol–water partition coefficient (Wildman–Crippen LogP) is 5.02. The SMILES string of the molecule is Cc1ccc(Cl)cc1NC(=O)c1ccc(-c2ccsc2)nc1. The maximum absolute atomic E-state index is 12.3. The lowest BCUT2D eigenvalue weighted by Gasteiger charge is -2.09. The minimum absolute atomic E-state index is 0.199. The van der Waals surface area contributed by atoms with Crippen molar-refractivity contribution in [3.63, 3.8) is 0 Å². The molecule has 0 spiro atoms. The summed E-state index contributed by atoms with van der Waals surface area (Å²) in [7, 11) is 0. The Balaban J connectivity index is 1.79. The van der Waals surface area contributed by atoms with Gasteiger partial charge in [0.25, 0.3) is 5.91 Å². The van der Waals surface area contributed by atoms with Crippen LogP contribution in [-0.2, 0) is 0 Å². The average molecular weight is 329 g/mol. The van der Waals surface area contributed by atoms with Crippen LogP contribution in [0.1, 0.15) is 15.9 Å². The maximum atomic E-state index is 12.3. The molecule has 5 heteroatoms. The summed E-state index contributed by atoms with van der Waals surface area (Å²) in [4.78, 5) is 16.6. The number of nitrogens with zero attached hydrogens (tertiary/aromatic N) is 1. The summed E-state index contributed by atoms with van der Waals surface area (Å²) >= 11 is 7.58. The standard InChI is InChI=1S/C17H13ClN2OS/c1-11-2-4-14(18)8-16(11)20-17(21)12-3-5-15(19-9-12)13-6-7-22-10-13/h2-10H,1H3,(H,20,21). The van der Waals surface area contributed by atoms with Gasteiger partial charge in [-0.05, 0) is 48.2 Å². The molecule has 1 aromatic carbocycles. The van der Waals surface area contributed by atoms with Gasteiger partial charge in [0.1, 0.15) is 0 Å².